The van der Waals surface area contributed by atoms with E-state index in [0.717, 1.165) is 23.8 Å². The van der Waals surface area contributed by atoms with Crippen molar-refractivity contribution in [1.29, 1.82) is 0 Å². The van der Waals surface area contributed by atoms with Crippen LogP contribution in [0.4, 0.5) is 0 Å². The lowest BCUT2D eigenvalue weighted by Crippen LogP contribution is -2.43. The molecule has 0 spiro atoms. The molecule has 0 saturated heterocycles. The fourth-order valence-electron chi connectivity index (χ4n) is 5.00. The largest absolute Gasteiger partial charge is 0.455 e. The van der Waals surface area contributed by atoms with Crippen molar-refractivity contribution in [3.05, 3.63) is 70.5 Å². The average Bonchev–Trinajstić information content (AvgIpc) is 2.96. The standard InChI is InChI=1S/C23H25NO2/c1-14-9-15(2)21(16(3)10-14)23(4)12-18(13-23)22(24-25)20-11-17-7-5-6-8-19(17)26-20/h5-11,18,25H,12-13H2,1-4H3/b24-22-. The van der Waals surface area contributed by atoms with Gasteiger partial charge in [0.15, 0.2) is 5.76 Å². The SMILES string of the molecule is Cc1cc(C)c(C2(C)CC(/C(=N/O)c3cc4ccccc4o3)C2)c(C)c1. The van der Waals surface area contributed by atoms with Crippen molar-refractivity contribution < 1.29 is 9.62 Å². The fourth-order valence-corrected chi connectivity index (χ4v) is 5.00. The van der Waals surface area contributed by atoms with E-state index in [0.29, 0.717) is 11.5 Å². The van der Waals surface area contributed by atoms with Gasteiger partial charge in [0.25, 0.3) is 0 Å². The molecule has 3 heteroatoms. The first kappa shape index (κ1) is 16.9. The second-order valence-corrected chi connectivity index (χ2v) is 8.07. The maximum absolute atomic E-state index is 9.65. The Labute approximate surface area is 154 Å². The molecule has 1 N–H and O–H groups in total. The maximum atomic E-state index is 9.65. The molecule has 1 aromatic heterocycles. The summed E-state index contributed by atoms with van der Waals surface area (Å²) < 4.78 is 5.92. The highest BCUT2D eigenvalue weighted by Gasteiger charge is 2.46. The number of oxime groups is 1. The van der Waals surface area contributed by atoms with Crippen LogP contribution >= 0.6 is 0 Å². The summed E-state index contributed by atoms with van der Waals surface area (Å²) in [7, 11) is 0. The Kier molecular flexibility index (Phi) is 3.91. The second kappa shape index (κ2) is 6.01. The van der Waals surface area contributed by atoms with E-state index in [1.165, 1.54) is 22.3 Å². The van der Waals surface area contributed by atoms with Crippen molar-refractivity contribution in [2.45, 2.75) is 46.0 Å². The minimum absolute atomic E-state index is 0.120. The number of hydrogen-bond acceptors (Lipinski definition) is 3. The van der Waals surface area contributed by atoms with E-state index in [1.807, 2.05) is 30.3 Å². The van der Waals surface area contributed by atoms with Gasteiger partial charge in [0.2, 0.25) is 0 Å². The molecular formula is C23H25NO2. The molecule has 1 aliphatic rings. The zero-order valence-corrected chi connectivity index (χ0v) is 15.8. The first-order valence-corrected chi connectivity index (χ1v) is 9.20. The van der Waals surface area contributed by atoms with Crippen LogP contribution in [-0.4, -0.2) is 10.9 Å². The molecule has 134 valence electrons. The van der Waals surface area contributed by atoms with Crippen molar-refractivity contribution in [3.63, 3.8) is 0 Å². The summed E-state index contributed by atoms with van der Waals surface area (Å²) >= 11 is 0. The highest BCUT2D eigenvalue weighted by molar-refractivity contribution is 6.03. The number of hydrogen-bond donors (Lipinski definition) is 1. The Morgan fingerprint density at radius 3 is 2.35 bits per heavy atom. The monoisotopic (exact) mass is 347 g/mol. The predicted octanol–water partition coefficient (Wildman–Crippen LogP) is 5.90. The van der Waals surface area contributed by atoms with Gasteiger partial charge in [0, 0.05) is 11.3 Å². The molecule has 2 aromatic carbocycles. The minimum atomic E-state index is 0.120. The maximum Gasteiger partial charge on any atom is 0.153 e. The van der Waals surface area contributed by atoms with Crippen molar-refractivity contribution in [3.8, 4) is 0 Å². The number of fused-ring (bicyclic) bond motifs is 1. The second-order valence-electron chi connectivity index (χ2n) is 8.07. The van der Waals surface area contributed by atoms with E-state index in [9.17, 15) is 5.21 Å². The van der Waals surface area contributed by atoms with Gasteiger partial charge < -0.3 is 9.62 Å². The number of nitrogens with zero attached hydrogens (tertiary/aromatic N) is 1. The molecule has 1 fully saturated rings. The summed E-state index contributed by atoms with van der Waals surface area (Å²) in [5.41, 5.74) is 7.08. The van der Waals surface area contributed by atoms with E-state index in [-0.39, 0.29) is 11.3 Å². The van der Waals surface area contributed by atoms with Crippen LogP contribution in [0.25, 0.3) is 11.0 Å². The van der Waals surface area contributed by atoms with Gasteiger partial charge in [-0.05, 0) is 67.9 Å². The summed E-state index contributed by atoms with van der Waals surface area (Å²) in [4.78, 5) is 0. The van der Waals surface area contributed by atoms with Gasteiger partial charge in [-0.3, -0.25) is 0 Å². The predicted molar refractivity (Wildman–Crippen MR) is 105 cm³/mol. The number of rotatable bonds is 3. The Bertz CT molecular complexity index is 950. The van der Waals surface area contributed by atoms with Gasteiger partial charge in [-0.2, -0.15) is 0 Å². The third-order valence-corrected chi connectivity index (χ3v) is 5.85. The minimum Gasteiger partial charge on any atom is -0.455 e. The van der Waals surface area contributed by atoms with Gasteiger partial charge >= 0.3 is 0 Å². The third-order valence-electron chi connectivity index (χ3n) is 5.85. The van der Waals surface area contributed by atoms with Gasteiger partial charge in [-0.25, -0.2) is 0 Å². The smallest absolute Gasteiger partial charge is 0.153 e. The highest BCUT2D eigenvalue weighted by atomic mass is 16.4. The summed E-state index contributed by atoms with van der Waals surface area (Å²) in [5, 5.41) is 14.3. The molecule has 0 radical (unpaired) electrons. The lowest BCUT2D eigenvalue weighted by molar-refractivity contribution is 0.207. The first-order valence-electron chi connectivity index (χ1n) is 9.20. The van der Waals surface area contributed by atoms with Crippen LogP contribution in [0.5, 0.6) is 0 Å². The molecule has 1 saturated carbocycles. The van der Waals surface area contributed by atoms with Crippen LogP contribution in [-0.2, 0) is 5.41 Å². The lowest BCUT2D eigenvalue weighted by atomic mass is 9.57. The normalized spacial score (nSPS) is 23.2. The van der Waals surface area contributed by atoms with Crippen molar-refractivity contribution in [2.75, 3.05) is 0 Å². The number of para-hydroxylation sites is 1. The molecule has 1 aliphatic carbocycles. The van der Waals surface area contributed by atoms with Crippen LogP contribution in [0.15, 0.2) is 52.0 Å². The van der Waals surface area contributed by atoms with E-state index in [4.69, 9.17) is 4.42 Å². The van der Waals surface area contributed by atoms with Gasteiger partial charge in [0.05, 0.1) is 0 Å². The highest BCUT2D eigenvalue weighted by Crippen LogP contribution is 2.51. The van der Waals surface area contributed by atoms with E-state index in [1.54, 1.807) is 0 Å². The van der Waals surface area contributed by atoms with Crippen LogP contribution in [0.2, 0.25) is 0 Å². The summed E-state index contributed by atoms with van der Waals surface area (Å²) in [6.07, 6.45) is 1.93. The molecular weight excluding hydrogens is 322 g/mol. The topological polar surface area (TPSA) is 45.7 Å². The molecule has 0 aliphatic heterocycles. The molecule has 0 atom stereocenters. The van der Waals surface area contributed by atoms with Gasteiger partial charge in [-0.15, -0.1) is 0 Å². The molecule has 3 aromatic rings. The fraction of sp³-hybridized carbons (Fsp3) is 0.348. The number of benzene rings is 2. The molecule has 4 rings (SSSR count). The average molecular weight is 347 g/mol. The zero-order valence-electron chi connectivity index (χ0n) is 15.8. The molecule has 0 amide bonds. The van der Waals surface area contributed by atoms with E-state index >= 15 is 0 Å². The summed E-state index contributed by atoms with van der Waals surface area (Å²) in [5.74, 6) is 0.892. The summed E-state index contributed by atoms with van der Waals surface area (Å²) in [6.45, 7) is 8.87. The first-order chi connectivity index (χ1) is 12.4. The molecule has 1 heterocycles. The molecule has 3 nitrogen and oxygen atoms in total. The molecule has 0 bridgehead atoms. The lowest BCUT2D eigenvalue weighted by Gasteiger charge is -2.47. The van der Waals surface area contributed by atoms with Gasteiger partial charge in [-0.1, -0.05) is 48.0 Å². The quantitative estimate of drug-likeness (QED) is 0.364. The Hall–Kier alpha value is -2.55. The Morgan fingerprint density at radius 1 is 1.08 bits per heavy atom. The van der Waals surface area contributed by atoms with Crippen LogP contribution in [0.1, 0.15) is 47.8 Å². The van der Waals surface area contributed by atoms with Crippen LogP contribution < -0.4 is 0 Å². The van der Waals surface area contributed by atoms with Crippen molar-refractivity contribution >= 4 is 16.7 Å². The van der Waals surface area contributed by atoms with E-state index < -0.39 is 0 Å². The Morgan fingerprint density at radius 2 is 1.73 bits per heavy atom. The van der Waals surface area contributed by atoms with Crippen molar-refractivity contribution in [1.82, 2.24) is 0 Å². The Balaban J connectivity index is 1.62. The third kappa shape index (κ3) is 2.63. The zero-order chi connectivity index (χ0) is 18.5. The molecule has 26 heavy (non-hydrogen) atoms. The molecule has 0 unspecified atom stereocenters. The van der Waals surface area contributed by atoms with E-state index in [2.05, 4.69) is 45.0 Å². The summed E-state index contributed by atoms with van der Waals surface area (Å²) in [6, 6.07) is 14.4. The number of aryl methyl sites for hydroxylation is 3. The van der Waals surface area contributed by atoms with Crippen molar-refractivity contribution in [2.24, 2.45) is 11.1 Å². The number of furan rings is 1. The van der Waals surface area contributed by atoms with Crippen LogP contribution in [0, 0.1) is 26.7 Å². The van der Waals surface area contributed by atoms with Crippen LogP contribution in [0.3, 0.4) is 0 Å². The van der Waals surface area contributed by atoms with Gasteiger partial charge in [0.1, 0.15) is 11.3 Å².